The molecule has 0 amide bonds. The van der Waals surface area contributed by atoms with E-state index in [2.05, 4.69) is 64.7 Å². The summed E-state index contributed by atoms with van der Waals surface area (Å²) in [6, 6.07) is 16.7. The SMILES string of the molecule is CCNC(=NCc1cc(OC)ccc1O)NC1CCN(C(C)c2ccccc2)CC1.I. The average molecular weight is 538 g/mol. The zero-order valence-electron chi connectivity index (χ0n) is 18.7. The maximum absolute atomic E-state index is 10.1. The number of rotatable bonds is 7. The molecule has 0 aliphatic carbocycles. The van der Waals surface area contributed by atoms with E-state index in [1.54, 1.807) is 19.2 Å². The lowest BCUT2D eigenvalue weighted by molar-refractivity contribution is 0.158. The Morgan fingerprint density at radius 2 is 1.90 bits per heavy atom. The van der Waals surface area contributed by atoms with E-state index in [0.29, 0.717) is 18.6 Å². The Labute approximate surface area is 203 Å². The van der Waals surface area contributed by atoms with E-state index in [1.807, 2.05) is 6.07 Å². The van der Waals surface area contributed by atoms with E-state index in [9.17, 15) is 5.11 Å². The summed E-state index contributed by atoms with van der Waals surface area (Å²) >= 11 is 0. The van der Waals surface area contributed by atoms with Gasteiger partial charge < -0.3 is 20.5 Å². The smallest absolute Gasteiger partial charge is 0.191 e. The fourth-order valence-corrected chi connectivity index (χ4v) is 3.87. The molecule has 2 aromatic carbocycles. The van der Waals surface area contributed by atoms with Crippen molar-refractivity contribution in [3.05, 3.63) is 59.7 Å². The lowest BCUT2D eigenvalue weighted by atomic mass is 10.0. The molecular weight excluding hydrogens is 503 g/mol. The molecule has 0 spiro atoms. The van der Waals surface area contributed by atoms with Crippen molar-refractivity contribution in [2.24, 2.45) is 4.99 Å². The molecular formula is C24H35IN4O2. The van der Waals surface area contributed by atoms with Gasteiger partial charge in [0.1, 0.15) is 11.5 Å². The van der Waals surface area contributed by atoms with Crippen molar-refractivity contribution < 1.29 is 9.84 Å². The van der Waals surface area contributed by atoms with Crippen LogP contribution in [0, 0.1) is 0 Å². The van der Waals surface area contributed by atoms with Crippen LogP contribution >= 0.6 is 24.0 Å². The van der Waals surface area contributed by atoms with Crippen molar-refractivity contribution >= 4 is 29.9 Å². The standard InChI is InChI=1S/C24H34N4O2.HI/c1-4-25-24(26-17-20-16-22(30-3)10-11-23(20)29)27-21-12-14-28(15-13-21)18(2)19-8-6-5-7-9-19;/h5-11,16,18,21,29H,4,12-15,17H2,1-3H3,(H2,25,26,27);1H. The highest BCUT2D eigenvalue weighted by molar-refractivity contribution is 14.0. The van der Waals surface area contributed by atoms with Crippen LogP contribution in [0.25, 0.3) is 0 Å². The Balaban J connectivity index is 0.00000341. The number of hydrogen-bond acceptors (Lipinski definition) is 4. The topological polar surface area (TPSA) is 69.1 Å². The maximum Gasteiger partial charge on any atom is 0.191 e. The van der Waals surface area contributed by atoms with Crippen molar-refractivity contribution in [1.29, 1.82) is 0 Å². The zero-order chi connectivity index (χ0) is 21.3. The van der Waals surface area contributed by atoms with Crippen molar-refractivity contribution in [3.63, 3.8) is 0 Å². The van der Waals surface area contributed by atoms with E-state index >= 15 is 0 Å². The second kappa shape index (κ2) is 12.8. The van der Waals surface area contributed by atoms with E-state index < -0.39 is 0 Å². The molecule has 1 saturated heterocycles. The van der Waals surface area contributed by atoms with Gasteiger partial charge in [-0.1, -0.05) is 30.3 Å². The number of nitrogens with zero attached hydrogens (tertiary/aromatic N) is 2. The number of guanidine groups is 1. The molecule has 1 aliphatic rings. The molecule has 1 atom stereocenters. The van der Waals surface area contributed by atoms with E-state index in [1.165, 1.54) is 5.56 Å². The minimum absolute atomic E-state index is 0. The summed E-state index contributed by atoms with van der Waals surface area (Å²) in [5, 5.41) is 17.0. The van der Waals surface area contributed by atoms with Gasteiger partial charge in [-0.2, -0.15) is 0 Å². The first-order valence-electron chi connectivity index (χ1n) is 10.8. The largest absolute Gasteiger partial charge is 0.508 e. The molecule has 0 radical (unpaired) electrons. The van der Waals surface area contributed by atoms with Gasteiger partial charge in [-0.25, -0.2) is 4.99 Å². The summed E-state index contributed by atoms with van der Waals surface area (Å²) in [5.74, 6) is 1.74. The van der Waals surface area contributed by atoms with Gasteiger partial charge in [-0.15, -0.1) is 24.0 Å². The van der Waals surface area contributed by atoms with Crippen LogP contribution in [0.5, 0.6) is 11.5 Å². The Kier molecular flexibility index (Phi) is 10.4. The predicted octanol–water partition coefficient (Wildman–Crippen LogP) is 4.30. The highest BCUT2D eigenvalue weighted by Crippen LogP contribution is 2.25. The van der Waals surface area contributed by atoms with Crippen LogP contribution in [-0.4, -0.2) is 48.8 Å². The lowest BCUT2D eigenvalue weighted by Gasteiger charge is -2.37. The summed E-state index contributed by atoms with van der Waals surface area (Å²) in [6.07, 6.45) is 2.15. The van der Waals surface area contributed by atoms with Crippen molar-refractivity contribution in [2.45, 2.75) is 45.3 Å². The summed E-state index contributed by atoms with van der Waals surface area (Å²) in [5.41, 5.74) is 2.12. The van der Waals surface area contributed by atoms with Gasteiger partial charge in [0.15, 0.2) is 5.96 Å². The molecule has 3 N–H and O–H groups in total. The normalized spacial score (nSPS) is 16.3. The number of hydrogen-bond donors (Lipinski definition) is 3. The van der Waals surface area contributed by atoms with E-state index in [-0.39, 0.29) is 29.7 Å². The predicted molar refractivity (Wildman–Crippen MR) is 137 cm³/mol. The zero-order valence-corrected chi connectivity index (χ0v) is 21.0. The van der Waals surface area contributed by atoms with Crippen LogP contribution in [0.3, 0.4) is 0 Å². The molecule has 6 nitrogen and oxygen atoms in total. The first kappa shape index (κ1) is 25.3. The molecule has 0 saturated carbocycles. The monoisotopic (exact) mass is 538 g/mol. The number of phenolic OH excluding ortho intramolecular Hbond substituents is 1. The molecule has 170 valence electrons. The van der Waals surface area contributed by atoms with Gasteiger partial charge in [-0.3, -0.25) is 4.90 Å². The molecule has 0 aromatic heterocycles. The molecule has 3 rings (SSSR count). The number of ether oxygens (including phenoxy) is 1. The third-order valence-corrected chi connectivity index (χ3v) is 5.74. The number of halogens is 1. The number of aromatic hydroxyl groups is 1. The second-order valence-corrected chi connectivity index (χ2v) is 7.73. The molecule has 1 heterocycles. The first-order chi connectivity index (χ1) is 14.6. The fraction of sp³-hybridized carbons (Fsp3) is 0.458. The van der Waals surface area contributed by atoms with Crippen LogP contribution in [-0.2, 0) is 6.54 Å². The molecule has 2 aromatic rings. The number of aliphatic imine (C=N–C) groups is 1. The van der Waals surface area contributed by atoms with Crippen molar-refractivity contribution in [2.75, 3.05) is 26.7 Å². The first-order valence-corrected chi connectivity index (χ1v) is 10.8. The van der Waals surface area contributed by atoms with Gasteiger partial charge in [0.2, 0.25) is 0 Å². The minimum atomic E-state index is 0. The Morgan fingerprint density at radius 3 is 2.55 bits per heavy atom. The fourth-order valence-electron chi connectivity index (χ4n) is 3.87. The second-order valence-electron chi connectivity index (χ2n) is 7.73. The Bertz CT molecular complexity index is 824. The van der Waals surface area contributed by atoms with E-state index in [0.717, 1.165) is 49.7 Å². The number of phenols is 1. The summed E-state index contributed by atoms with van der Waals surface area (Å²) in [7, 11) is 1.62. The summed E-state index contributed by atoms with van der Waals surface area (Å²) < 4.78 is 5.25. The number of benzene rings is 2. The van der Waals surface area contributed by atoms with Crippen LogP contribution in [0.4, 0.5) is 0 Å². The third-order valence-electron chi connectivity index (χ3n) is 5.74. The lowest BCUT2D eigenvalue weighted by Crippen LogP contribution is -2.49. The minimum Gasteiger partial charge on any atom is -0.508 e. The number of likely N-dealkylation sites (tertiary alicyclic amines) is 1. The Morgan fingerprint density at radius 1 is 1.19 bits per heavy atom. The van der Waals surface area contributed by atoms with Crippen molar-refractivity contribution in [1.82, 2.24) is 15.5 Å². The van der Waals surface area contributed by atoms with Crippen LogP contribution < -0.4 is 15.4 Å². The van der Waals surface area contributed by atoms with Crippen LogP contribution in [0.2, 0.25) is 0 Å². The highest BCUT2D eigenvalue weighted by Gasteiger charge is 2.24. The van der Waals surface area contributed by atoms with Gasteiger partial charge in [-0.05, 0) is 50.5 Å². The molecule has 7 heteroatoms. The number of piperidine rings is 1. The van der Waals surface area contributed by atoms with E-state index in [4.69, 9.17) is 4.74 Å². The molecule has 31 heavy (non-hydrogen) atoms. The van der Waals surface area contributed by atoms with Gasteiger partial charge >= 0.3 is 0 Å². The third kappa shape index (κ3) is 7.28. The van der Waals surface area contributed by atoms with Gasteiger partial charge in [0.05, 0.1) is 13.7 Å². The van der Waals surface area contributed by atoms with Gasteiger partial charge in [0, 0.05) is 37.3 Å². The van der Waals surface area contributed by atoms with Crippen molar-refractivity contribution in [3.8, 4) is 11.5 Å². The number of nitrogens with one attached hydrogen (secondary N) is 2. The summed E-state index contributed by atoms with van der Waals surface area (Å²) in [6.45, 7) is 7.65. The molecule has 0 bridgehead atoms. The Hall–Kier alpha value is -2.00. The number of methoxy groups -OCH3 is 1. The highest BCUT2D eigenvalue weighted by atomic mass is 127. The molecule has 1 unspecified atom stereocenters. The van der Waals surface area contributed by atoms with Gasteiger partial charge in [0.25, 0.3) is 0 Å². The quantitative estimate of drug-likeness (QED) is 0.279. The summed E-state index contributed by atoms with van der Waals surface area (Å²) in [4.78, 5) is 7.23. The molecule has 1 fully saturated rings. The van der Waals surface area contributed by atoms with Crippen LogP contribution in [0.1, 0.15) is 43.9 Å². The van der Waals surface area contributed by atoms with Crippen LogP contribution in [0.15, 0.2) is 53.5 Å². The maximum atomic E-state index is 10.1. The molecule has 1 aliphatic heterocycles. The average Bonchev–Trinajstić information content (AvgIpc) is 2.79.